The zero-order chi connectivity index (χ0) is 16.8. The van der Waals surface area contributed by atoms with E-state index in [0.29, 0.717) is 0 Å². The molecule has 23 heavy (non-hydrogen) atoms. The standard InChI is InChI=1S/C17H19NO4S/c1-4-21-16(19)12(17(20)22-5-2)10-11-15-18(3)13-8-6-7-9-14(13)23-15/h6-11H,4-5H2,1-3H3/b15-11+. The van der Waals surface area contributed by atoms with Crippen LogP contribution in [0.5, 0.6) is 0 Å². The zero-order valence-electron chi connectivity index (χ0n) is 13.4. The van der Waals surface area contributed by atoms with Crippen molar-refractivity contribution in [1.82, 2.24) is 0 Å². The number of hydrogen-bond acceptors (Lipinski definition) is 6. The number of thioether (sulfide) groups is 1. The predicted molar refractivity (Wildman–Crippen MR) is 90.1 cm³/mol. The number of anilines is 1. The number of esters is 2. The Morgan fingerprint density at radius 1 is 1.13 bits per heavy atom. The van der Waals surface area contributed by atoms with Crippen molar-refractivity contribution in [3.05, 3.63) is 47.0 Å². The second-order valence-electron chi connectivity index (χ2n) is 4.65. The van der Waals surface area contributed by atoms with Gasteiger partial charge in [-0.25, -0.2) is 9.59 Å². The van der Waals surface area contributed by atoms with Crippen LogP contribution in [-0.4, -0.2) is 32.2 Å². The van der Waals surface area contributed by atoms with Crippen LogP contribution in [0, 0.1) is 0 Å². The molecule has 0 aliphatic carbocycles. The molecule has 0 amide bonds. The number of allylic oxidation sites excluding steroid dienone is 2. The van der Waals surface area contributed by atoms with E-state index in [1.54, 1.807) is 31.7 Å². The smallest absolute Gasteiger partial charge is 0.345 e. The molecule has 1 aliphatic heterocycles. The lowest BCUT2D eigenvalue weighted by Gasteiger charge is -2.12. The molecule has 0 bridgehead atoms. The minimum atomic E-state index is -0.675. The third-order valence-corrected chi connectivity index (χ3v) is 4.34. The maximum absolute atomic E-state index is 11.9. The topological polar surface area (TPSA) is 55.8 Å². The van der Waals surface area contributed by atoms with Crippen molar-refractivity contribution in [2.75, 3.05) is 25.2 Å². The monoisotopic (exact) mass is 333 g/mol. The lowest BCUT2D eigenvalue weighted by Crippen LogP contribution is -2.18. The Kier molecular flexibility index (Phi) is 5.87. The molecule has 0 N–H and O–H groups in total. The van der Waals surface area contributed by atoms with Crippen LogP contribution in [-0.2, 0) is 19.1 Å². The molecular weight excluding hydrogens is 314 g/mol. The molecule has 2 rings (SSSR count). The van der Waals surface area contributed by atoms with E-state index >= 15 is 0 Å². The summed E-state index contributed by atoms with van der Waals surface area (Å²) in [5.74, 6) is -1.35. The Morgan fingerprint density at radius 2 is 1.74 bits per heavy atom. The van der Waals surface area contributed by atoms with Gasteiger partial charge in [-0.3, -0.25) is 0 Å². The molecule has 0 atom stereocenters. The molecule has 122 valence electrons. The molecule has 5 nitrogen and oxygen atoms in total. The first-order chi connectivity index (χ1) is 11.1. The van der Waals surface area contributed by atoms with Gasteiger partial charge in [0.2, 0.25) is 0 Å². The second kappa shape index (κ2) is 7.87. The maximum Gasteiger partial charge on any atom is 0.345 e. The van der Waals surface area contributed by atoms with E-state index in [1.807, 2.05) is 36.2 Å². The van der Waals surface area contributed by atoms with Crippen LogP contribution < -0.4 is 4.90 Å². The van der Waals surface area contributed by atoms with Crippen molar-refractivity contribution in [1.29, 1.82) is 0 Å². The third kappa shape index (κ3) is 3.96. The van der Waals surface area contributed by atoms with Crippen LogP contribution in [0.2, 0.25) is 0 Å². The average molecular weight is 333 g/mol. The summed E-state index contributed by atoms with van der Waals surface area (Å²) in [7, 11) is 1.94. The molecule has 0 radical (unpaired) electrons. The van der Waals surface area contributed by atoms with Crippen molar-refractivity contribution in [2.24, 2.45) is 0 Å². The van der Waals surface area contributed by atoms with Gasteiger partial charge in [0, 0.05) is 11.9 Å². The summed E-state index contributed by atoms with van der Waals surface area (Å²) in [6, 6.07) is 7.99. The van der Waals surface area contributed by atoms with Crippen LogP contribution in [0.3, 0.4) is 0 Å². The first-order valence-corrected chi connectivity index (χ1v) is 8.17. The summed E-state index contributed by atoms with van der Waals surface area (Å²) in [5.41, 5.74) is 0.983. The number of benzene rings is 1. The van der Waals surface area contributed by atoms with Gasteiger partial charge >= 0.3 is 11.9 Å². The third-order valence-electron chi connectivity index (χ3n) is 3.15. The fourth-order valence-corrected chi connectivity index (χ4v) is 3.11. The number of nitrogens with zero attached hydrogens (tertiary/aromatic N) is 1. The second-order valence-corrected chi connectivity index (χ2v) is 5.72. The Balaban J connectivity index is 2.26. The molecule has 1 aromatic carbocycles. The van der Waals surface area contributed by atoms with E-state index < -0.39 is 11.9 Å². The highest BCUT2D eigenvalue weighted by Crippen LogP contribution is 2.44. The van der Waals surface area contributed by atoms with Crippen LogP contribution in [0.1, 0.15) is 13.8 Å². The van der Waals surface area contributed by atoms with E-state index in [2.05, 4.69) is 0 Å². The average Bonchev–Trinajstić information content (AvgIpc) is 2.85. The number of rotatable bonds is 5. The largest absolute Gasteiger partial charge is 0.462 e. The van der Waals surface area contributed by atoms with E-state index in [0.717, 1.165) is 15.6 Å². The summed E-state index contributed by atoms with van der Waals surface area (Å²) in [4.78, 5) is 27.0. The number of ether oxygens (including phenoxy) is 2. The molecule has 0 aromatic heterocycles. The molecule has 0 saturated heterocycles. The van der Waals surface area contributed by atoms with Crippen molar-refractivity contribution < 1.29 is 19.1 Å². The quantitative estimate of drug-likeness (QED) is 0.357. The molecule has 0 fully saturated rings. The van der Waals surface area contributed by atoms with Gasteiger partial charge in [0.1, 0.15) is 5.57 Å². The Hall–Kier alpha value is -2.21. The van der Waals surface area contributed by atoms with Crippen molar-refractivity contribution >= 4 is 29.4 Å². The summed E-state index contributed by atoms with van der Waals surface area (Å²) in [6.07, 6.45) is 3.19. The lowest BCUT2D eigenvalue weighted by atomic mass is 10.2. The fourth-order valence-electron chi connectivity index (χ4n) is 2.06. The first-order valence-electron chi connectivity index (χ1n) is 7.35. The number of fused-ring (bicyclic) bond motifs is 1. The number of hydrogen-bond donors (Lipinski definition) is 0. The minimum absolute atomic E-state index is 0.105. The van der Waals surface area contributed by atoms with Gasteiger partial charge in [-0.1, -0.05) is 23.9 Å². The zero-order valence-corrected chi connectivity index (χ0v) is 14.2. The van der Waals surface area contributed by atoms with Gasteiger partial charge < -0.3 is 14.4 Å². The Morgan fingerprint density at radius 3 is 2.30 bits per heavy atom. The van der Waals surface area contributed by atoms with Crippen LogP contribution in [0.15, 0.2) is 51.9 Å². The fraction of sp³-hybridized carbons (Fsp3) is 0.294. The van der Waals surface area contributed by atoms with Gasteiger partial charge in [0.25, 0.3) is 0 Å². The minimum Gasteiger partial charge on any atom is -0.462 e. The normalized spacial score (nSPS) is 14.4. The number of carbonyl (C=O) groups excluding carboxylic acids is 2. The summed E-state index contributed by atoms with van der Waals surface area (Å²) in [6.45, 7) is 3.78. The van der Waals surface area contributed by atoms with E-state index in [9.17, 15) is 9.59 Å². The highest BCUT2D eigenvalue weighted by molar-refractivity contribution is 8.03. The molecular formula is C17H19NO4S. The van der Waals surface area contributed by atoms with Gasteiger partial charge in [-0.2, -0.15) is 0 Å². The highest BCUT2D eigenvalue weighted by atomic mass is 32.2. The summed E-state index contributed by atoms with van der Waals surface area (Å²) in [5, 5.41) is 0.914. The molecule has 0 unspecified atom stereocenters. The Labute approximate surface area is 139 Å². The number of para-hydroxylation sites is 1. The van der Waals surface area contributed by atoms with Crippen LogP contribution in [0.4, 0.5) is 5.69 Å². The van der Waals surface area contributed by atoms with Crippen LogP contribution in [0.25, 0.3) is 0 Å². The first kappa shape index (κ1) is 17.1. The van der Waals surface area contributed by atoms with Crippen molar-refractivity contribution in [3.63, 3.8) is 0 Å². The lowest BCUT2D eigenvalue weighted by molar-refractivity contribution is -0.146. The molecule has 6 heteroatoms. The van der Waals surface area contributed by atoms with E-state index in [-0.39, 0.29) is 18.8 Å². The van der Waals surface area contributed by atoms with Crippen molar-refractivity contribution in [2.45, 2.75) is 18.7 Å². The summed E-state index contributed by atoms with van der Waals surface area (Å²) < 4.78 is 9.84. The molecule has 0 spiro atoms. The highest BCUT2D eigenvalue weighted by Gasteiger charge is 2.23. The van der Waals surface area contributed by atoms with Crippen LogP contribution >= 0.6 is 11.8 Å². The summed E-state index contributed by atoms with van der Waals surface area (Å²) >= 11 is 1.57. The molecule has 1 heterocycles. The number of carbonyl (C=O) groups is 2. The maximum atomic E-state index is 11.9. The van der Waals surface area contributed by atoms with Gasteiger partial charge in [-0.05, 0) is 38.1 Å². The van der Waals surface area contributed by atoms with Gasteiger partial charge in [0.15, 0.2) is 0 Å². The molecule has 1 aromatic rings. The van der Waals surface area contributed by atoms with E-state index in [1.165, 1.54) is 6.08 Å². The van der Waals surface area contributed by atoms with Crippen molar-refractivity contribution in [3.8, 4) is 0 Å². The predicted octanol–water partition coefficient (Wildman–Crippen LogP) is 3.12. The molecule has 1 aliphatic rings. The van der Waals surface area contributed by atoms with Gasteiger partial charge in [-0.15, -0.1) is 0 Å². The Bertz CT molecular complexity index is 646. The molecule has 0 saturated carbocycles. The van der Waals surface area contributed by atoms with E-state index in [4.69, 9.17) is 9.47 Å². The van der Waals surface area contributed by atoms with Gasteiger partial charge in [0.05, 0.1) is 23.9 Å². The SMILES string of the molecule is CCOC(=O)C(=C/C=C1/Sc2ccccc2N1C)C(=O)OCC.